The van der Waals surface area contributed by atoms with Crippen LogP contribution in [0.2, 0.25) is 0 Å². The minimum atomic E-state index is -0.633. The van der Waals surface area contributed by atoms with Crippen molar-refractivity contribution in [2.45, 2.75) is 25.9 Å². The second-order valence-electron chi connectivity index (χ2n) is 5.36. The highest BCUT2D eigenvalue weighted by atomic mass is 16.2. The zero-order valence-corrected chi connectivity index (χ0v) is 12.7. The Balaban J connectivity index is 2.23. The van der Waals surface area contributed by atoms with Crippen molar-refractivity contribution in [1.82, 2.24) is 10.6 Å². The van der Waals surface area contributed by atoms with Crippen LogP contribution in [0.3, 0.4) is 0 Å². The van der Waals surface area contributed by atoms with E-state index in [-0.39, 0.29) is 12.1 Å². The largest absolute Gasteiger partial charge is 0.346 e. The van der Waals surface area contributed by atoms with Crippen LogP contribution < -0.4 is 10.6 Å². The van der Waals surface area contributed by atoms with Crippen LogP contribution in [0.25, 0.3) is 0 Å². The van der Waals surface area contributed by atoms with Crippen molar-refractivity contribution in [2.75, 3.05) is 0 Å². The number of rotatable bonds is 4. The topological polar surface area (TPSA) is 58.2 Å². The van der Waals surface area contributed by atoms with E-state index in [9.17, 15) is 9.59 Å². The fourth-order valence-corrected chi connectivity index (χ4v) is 2.17. The molecule has 114 valence electrons. The SMILES string of the molecule is CC(C)NC(=O)C(=O)NC(c1ccccc1)c1ccccc1. The standard InChI is InChI=1S/C18H20N2O2/c1-13(2)19-17(21)18(22)20-16(14-9-5-3-6-10-14)15-11-7-4-8-12-15/h3-13,16H,1-2H3,(H,19,21)(H,20,22). The van der Waals surface area contributed by atoms with Gasteiger partial charge >= 0.3 is 11.8 Å². The molecule has 0 fully saturated rings. The molecule has 0 heterocycles. The molecule has 2 rings (SSSR count). The van der Waals surface area contributed by atoms with Gasteiger partial charge in [-0.15, -0.1) is 0 Å². The van der Waals surface area contributed by atoms with Crippen LogP contribution >= 0.6 is 0 Å². The molecular weight excluding hydrogens is 276 g/mol. The molecule has 0 unspecified atom stereocenters. The van der Waals surface area contributed by atoms with Crippen LogP contribution in [-0.2, 0) is 9.59 Å². The fraction of sp³-hybridized carbons (Fsp3) is 0.222. The molecule has 0 aliphatic rings. The molecule has 0 aliphatic carbocycles. The molecule has 2 amide bonds. The zero-order chi connectivity index (χ0) is 15.9. The van der Waals surface area contributed by atoms with Crippen LogP contribution in [0, 0.1) is 0 Å². The Kier molecular flexibility index (Phi) is 5.31. The predicted molar refractivity (Wildman–Crippen MR) is 86.1 cm³/mol. The van der Waals surface area contributed by atoms with E-state index in [0.717, 1.165) is 11.1 Å². The highest BCUT2D eigenvalue weighted by molar-refractivity contribution is 6.35. The number of carbonyl (C=O) groups excluding carboxylic acids is 2. The Morgan fingerprint density at radius 2 is 1.14 bits per heavy atom. The minimum absolute atomic E-state index is 0.0786. The van der Waals surface area contributed by atoms with E-state index in [1.807, 2.05) is 74.5 Å². The van der Waals surface area contributed by atoms with Gasteiger partial charge in [0.05, 0.1) is 6.04 Å². The molecule has 2 N–H and O–H groups in total. The molecule has 0 atom stereocenters. The van der Waals surface area contributed by atoms with Gasteiger partial charge in [-0.3, -0.25) is 9.59 Å². The van der Waals surface area contributed by atoms with Crippen LogP contribution in [0.1, 0.15) is 31.0 Å². The van der Waals surface area contributed by atoms with Gasteiger partial charge in [0.1, 0.15) is 0 Å². The Morgan fingerprint density at radius 3 is 1.55 bits per heavy atom. The van der Waals surface area contributed by atoms with Gasteiger partial charge in [-0.05, 0) is 25.0 Å². The molecule has 0 saturated carbocycles. The van der Waals surface area contributed by atoms with Crippen molar-refractivity contribution in [3.63, 3.8) is 0 Å². The first-order chi connectivity index (χ1) is 10.6. The highest BCUT2D eigenvalue weighted by Gasteiger charge is 2.21. The summed E-state index contributed by atoms with van der Waals surface area (Å²) in [5, 5.41) is 5.40. The molecule has 2 aromatic carbocycles. The quantitative estimate of drug-likeness (QED) is 0.851. The van der Waals surface area contributed by atoms with Crippen molar-refractivity contribution >= 4 is 11.8 Å². The molecule has 2 aromatic rings. The maximum Gasteiger partial charge on any atom is 0.310 e. The second kappa shape index (κ2) is 7.41. The first-order valence-corrected chi connectivity index (χ1v) is 7.29. The Labute approximate surface area is 130 Å². The van der Waals surface area contributed by atoms with Crippen LogP contribution in [0.4, 0.5) is 0 Å². The average molecular weight is 296 g/mol. The monoisotopic (exact) mass is 296 g/mol. The average Bonchev–Trinajstić information content (AvgIpc) is 2.53. The molecular formula is C18H20N2O2. The van der Waals surface area contributed by atoms with E-state index in [1.54, 1.807) is 0 Å². The summed E-state index contributed by atoms with van der Waals surface area (Å²) in [6.45, 7) is 3.63. The second-order valence-corrected chi connectivity index (χ2v) is 5.36. The van der Waals surface area contributed by atoms with Crippen molar-refractivity contribution in [3.05, 3.63) is 71.8 Å². The molecule has 4 heteroatoms. The molecule has 0 radical (unpaired) electrons. The first kappa shape index (κ1) is 15.8. The summed E-state index contributed by atoms with van der Waals surface area (Å²) in [4.78, 5) is 23.9. The Hall–Kier alpha value is -2.62. The van der Waals surface area contributed by atoms with E-state index in [1.165, 1.54) is 0 Å². The lowest BCUT2D eigenvalue weighted by Gasteiger charge is -2.20. The summed E-state index contributed by atoms with van der Waals surface area (Å²) in [6.07, 6.45) is 0. The van der Waals surface area contributed by atoms with Gasteiger partial charge in [-0.2, -0.15) is 0 Å². The molecule has 0 spiro atoms. The molecule has 22 heavy (non-hydrogen) atoms. The van der Waals surface area contributed by atoms with E-state index in [0.29, 0.717) is 0 Å². The van der Waals surface area contributed by atoms with E-state index >= 15 is 0 Å². The van der Waals surface area contributed by atoms with E-state index in [2.05, 4.69) is 10.6 Å². The van der Waals surface area contributed by atoms with Gasteiger partial charge in [0.15, 0.2) is 0 Å². The van der Waals surface area contributed by atoms with E-state index in [4.69, 9.17) is 0 Å². The third kappa shape index (κ3) is 4.19. The number of hydrogen-bond acceptors (Lipinski definition) is 2. The lowest BCUT2D eigenvalue weighted by atomic mass is 9.99. The zero-order valence-electron chi connectivity index (χ0n) is 12.7. The number of carbonyl (C=O) groups is 2. The van der Waals surface area contributed by atoms with Gasteiger partial charge in [0, 0.05) is 6.04 Å². The number of hydrogen-bond donors (Lipinski definition) is 2. The van der Waals surface area contributed by atoms with Crippen molar-refractivity contribution < 1.29 is 9.59 Å². The molecule has 0 aliphatic heterocycles. The summed E-state index contributed by atoms with van der Waals surface area (Å²) in [5.74, 6) is -1.25. The molecule has 4 nitrogen and oxygen atoms in total. The van der Waals surface area contributed by atoms with E-state index < -0.39 is 11.8 Å². The fourth-order valence-electron chi connectivity index (χ4n) is 2.17. The first-order valence-electron chi connectivity index (χ1n) is 7.29. The van der Waals surface area contributed by atoms with Gasteiger partial charge in [-0.25, -0.2) is 0 Å². The third-order valence-electron chi connectivity index (χ3n) is 3.17. The minimum Gasteiger partial charge on any atom is -0.346 e. The number of nitrogens with one attached hydrogen (secondary N) is 2. The lowest BCUT2D eigenvalue weighted by molar-refractivity contribution is -0.139. The normalized spacial score (nSPS) is 10.5. The van der Waals surface area contributed by atoms with Crippen molar-refractivity contribution in [1.29, 1.82) is 0 Å². The summed E-state index contributed by atoms with van der Waals surface area (Å²) in [6, 6.07) is 18.7. The molecule has 0 aromatic heterocycles. The summed E-state index contributed by atoms with van der Waals surface area (Å²) in [5.41, 5.74) is 1.86. The summed E-state index contributed by atoms with van der Waals surface area (Å²) >= 11 is 0. The van der Waals surface area contributed by atoms with Crippen LogP contribution in [0.15, 0.2) is 60.7 Å². The predicted octanol–water partition coefficient (Wildman–Crippen LogP) is 2.42. The lowest BCUT2D eigenvalue weighted by Crippen LogP contribution is -2.44. The Bertz CT molecular complexity index is 585. The summed E-state index contributed by atoms with van der Waals surface area (Å²) < 4.78 is 0. The van der Waals surface area contributed by atoms with Crippen molar-refractivity contribution in [3.8, 4) is 0 Å². The van der Waals surface area contributed by atoms with Crippen LogP contribution in [0.5, 0.6) is 0 Å². The van der Waals surface area contributed by atoms with Gasteiger partial charge in [0.2, 0.25) is 0 Å². The summed E-state index contributed by atoms with van der Waals surface area (Å²) in [7, 11) is 0. The van der Waals surface area contributed by atoms with Gasteiger partial charge in [0.25, 0.3) is 0 Å². The van der Waals surface area contributed by atoms with Crippen molar-refractivity contribution in [2.24, 2.45) is 0 Å². The molecule has 0 bridgehead atoms. The third-order valence-corrected chi connectivity index (χ3v) is 3.17. The highest BCUT2D eigenvalue weighted by Crippen LogP contribution is 2.21. The van der Waals surface area contributed by atoms with Gasteiger partial charge < -0.3 is 10.6 Å². The van der Waals surface area contributed by atoms with Crippen LogP contribution in [-0.4, -0.2) is 17.9 Å². The maximum atomic E-state index is 12.1. The maximum absolute atomic E-state index is 12.1. The molecule has 0 saturated heterocycles. The smallest absolute Gasteiger partial charge is 0.310 e. The number of benzene rings is 2. The Morgan fingerprint density at radius 1 is 0.727 bits per heavy atom. The number of amides is 2. The van der Waals surface area contributed by atoms with Gasteiger partial charge in [-0.1, -0.05) is 60.7 Å².